The molecular weight excluding hydrogens is 340 g/mol. The average molecular weight is 352 g/mol. The second-order valence-electron chi connectivity index (χ2n) is 4.86. The molecule has 0 atom stereocenters. The Morgan fingerprint density at radius 1 is 1.21 bits per heavy atom. The number of hydrogen-bond donors (Lipinski definition) is 1. The second-order valence-corrected chi connectivity index (χ2v) is 6.61. The summed E-state index contributed by atoms with van der Waals surface area (Å²) in [6.45, 7) is 0.726. The first-order valence-corrected chi connectivity index (χ1v) is 9.06. The van der Waals surface area contributed by atoms with Crippen LogP contribution in [-0.4, -0.2) is 21.5 Å². The van der Waals surface area contributed by atoms with Gasteiger partial charge in [0.15, 0.2) is 10.8 Å². The van der Waals surface area contributed by atoms with E-state index in [0.29, 0.717) is 6.42 Å². The minimum atomic E-state index is 0.712. The molecule has 0 spiro atoms. The van der Waals surface area contributed by atoms with Gasteiger partial charge in [-0.1, -0.05) is 5.92 Å². The first kappa shape index (κ1) is 14.9. The van der Waals surface area contributed by atoms with Gasteiger partial charge >= 0.3 is 0 Å². The maximum absolute atomic E-state index is 5.33. The highest BCUT2D eigenvalue weighted by Crippen LogP contribution is 2.24. The van der Waals surface area contributed by atoms with Crippen molar-refractivity contribution in [1.29, 1.82) is 0 Å². The van der Waals surface area contributed by atoms with Crippen molar-refractivity contribution in [2.45, 2.75) is 6.42 Å². The van der Waals surface area contributed by atoms with Gasteiger partial charge in [0.2, 0.25) is 0 Å². The van der Waals surface area contributed by atoms with Crippen LogP contribution in [0.1, 0.15) is 12.1 Å². The minimum absolute atomic E-state index is 0.712. The topological polar surface area (TPSA) is 63.8 Å². The molecule has 0 aliphatic heterocycles. The fraction of sp³-hybridized carbons (Fsp3) is 0.118. The lowest BCUT2D eigenvalue weighted by atomic mass is 10.3. The van der Waals surface area contributed by atoms with Crippen molar-refractivity contribution in [3.63, 3.8) is 0 Å². The number of hydrogen-bond acceptors (Lipinski definition) is 7. The van der Waals surface area contributed by atoms with Gasteiger partial charge in [0.1, 0.15) is 22.7 Å². The molecule has 0 aromatic carbocycles. The number of thiazole rings is 1. The highest BCUT2D eigenvalue weighted by atomic mass is 32.1. The van der Waals surface area contributed by atoms with Crippen LogP contribution in [-0.2, 0) is 0 Å². The molecule has 5 nitrogen and oxygen atoms in total. The predicted octanol–water partition coefficient (Wildman–Crippen LogP) is 4.26. The third-order valence-corrected chi connectivity index (χ3v) is 4.93. The molecule has 1 N–H and O–H groups in total. The minimum Gasteiger partial charge on any atom is -0.462 e. The monoisotopic (exact) mass is 352 g/mol. The third kappa shape index (κ3) is 3.15. The zero-order chi connectivity index (χ0) is 16.2. The molecule has 24 heavy (non-hydrogen) atoms. The van der Waals surface area contributed by atoms with Crippen molar-refractivity contribution in [3.05, 3.63) is 47.2 Å². The SMILES string of the molecule is C(#Cc1csc(-c2ccco2)n1)CCNc1ncnc2sccc12. The molecule has 0 radical (unpaired) electrons. The van der Waals surface area contributed by atoms with E-state index in [1.54, 1.807) is 23.9 Å². The van der Waals surface area contributed by atoms with Crippen LogP contribution in [0, 0.1) is 11.8 Å². The van der Waals surface area contributed by atoms with Gasteiger partial charge in [-0.2, -0.15) is 0 Å². The maximum Gasteiger partial charge on any atom is 0.162 e. The van der Waals surface area contributed by atoms with Crippen LogP contribution in [0.5, 0.6) is 0 Å². The summed E-state index contributed by atoms with van der Waals surface area (Å²) in [6.07, 6.45) is 3.94. The fourth-order valence-corrected chi connectivity index (χ4v) is 3.62. The van der Waals surface area contributed by atoms with Crippen LogP contribution in [0.2, 0.25) is 0 Å². The summed E-state index contributed by atoms with van der Waals surface area (Å²) >= 11 is 3.14. The maximum atomic E-state index is 5.33. The number of thiophene rings is 1. The van der Waals surface area contributed by atoms with Gasteiger partial charge in [-0.05, 0) is 29.5 Å². The molecule has 0 fully saturated rings. The number of anilines is 1. The third-order valence-electron chi connectivity index (χ3n) is 3.26. The van der Waals surface area contributed by atoms with Crippen molar-refractivity contribution in [2.75, 3.05) is 11.9 Å². The largest absolute Gasteiger partial charge is 0.462 e. The molecule has 7 heteroatoms. The van der Waals surface area contributed by atoms with Crippen LogP contribution in [0.15, 0.2) is 46.0 Å². The van der Waals surface area contributed by atoms with Gasteiger partial charge < -0.3 is 9.73 Å². The van der Waals surface area contributed by atoms with E-state index in [9.17, 15) is 0 Å². The van der Waals surface area contributed by atoms with Crippen LogP contribution in [0.4, 0.5) is 5.82 Å². The van der Waals surface area contributed by atoms with E-state index >= 15 is 0 Å². The molecule has 0 saturated carbocycles. The lowest BCUT2D eigenvalue weighted by Gasteiger charge is -2.03. The molecule has 0 saturated heterocycles. The molecule has 0 unspecified atom stereocenters. The van der Waals surface area contributed by atoms with Gasteiger partial charge in [0.25, 0.3) is 0 Å². The Hall–Kier alpha value is -2.69. The van der Waals surface area contributed by atoms with E-state index in [2.05, 4.69) is 32.1 Å². The number of aromatic nitrogens is 3. The highest BCUT2D eigenvalue weighted by molar-refractivity contribution is 7.16. The number of fused-ring (bicyclic) bond motifs is 1. The van der Waals surface area contributed by atoms with Gasteiger partial charge in [-0.25, -0.2) is 15.0 Å². The highest BCUT2D eigenvalue weighted by Gasteiger charge is 2.05. The quantitative estimate of drug-likeness (QED) is 0.439. The molecule has 4 heterocycles. The molecule has 0 bridgehead atoms. The van der Waals surface area contributed by atoms with E-state index in [-0.39, 0.29) is 0 Å². The number of rotatable bonds is 4. The second kappa shape index (κ2) is 6.83. The normalized spacial score (nSPS) is 10.5. The average Bonchev–Trinajstić information content (AvgIpc) is 3.34. The van der Waals surface area contributed by atoms with Gasteiger partial charge in [0.05, 0.1) is 11.6 Å². The number of nitrogens with zero attached hydrogens (tertiary/aromatic N) is 3. The molecule has 0 amide bonds. The van der Waals surface area contributed by atoms with E-state index < -0.39 is 0 Å². The standard InChI is InChI=1S/C17H12N4OS2/c1(4-12-10-24-17(21-12)14-5-3-8-22-14)2-7-18-15-13-6-9-23-16(13)20-11-19-15/h3,5-6,8-11H,2,7H2,(H,18,19,20). The molecule has 4 rings (SSSR count). The van der Waals surface area contributed by atoms with E-state index in [4.69, 9.17) is 4.42 Å². The van der Waals surface area contributed by atoms with Crippen LogP contribution < -0.4 is 5.32 Å². The van der Waals surface area contributed by atoms with E-state index in [1.807, 2.05) is 29.0 Å². The molecular formula is C17H12N4OS2. The molecule has 4 aromatic heterocycles. The van der Waals surface area contributed by atoms with Crippen LogP contribution >= 0.6 is 22.7 Å². The molecule has 0 aliphatic rings. The van der Waals surface area contributed by atoms with Gasteiger partial charge in [-0.15, -0.1) is 22.7 Å². The van der Waals surface area contributed by atoms with Gasteiger partial charge in [0, 0.05) is 18.3 Å². The molecule has 118 valence electrons. The Bertz CT molecular complexity index is 1010. The Morgan fingerprint density at radius 3 is 3.12 bits per heavy atom. The number of nitrogens with one attached hydrogen (secondary N) is 1. The lowest BCUT2D eigenvalue weighted by Crippen LogP contribution is -2.02. The van der Waals surface area contributed by atoms with Crippen LogP contribution in [0.3, 0.4) is 0 Å². The zero-order valence-electron chi connectivity index (χ0n) is 12.5. The summed E-state index contributed by atoms with van der Waals surface area (Å²) in [6, 6.07) is 5.78. The van der Waals surface area contributed by atoms with Gasteiger partial charge in [-0.3, -0.25) is 0 Å². The van der Waals surface area contributed by atoms with E-state index in [1.165, 1.54) is 11.3 Å². The Kier molecular flexibility index (Phi) is 4.23. The predicted molar refractivity (Wildman–Crippen MR) is 97.2 cm³/mol. The fourth-order valence-electron chi connectivity index (χ4n) is 2.17. The zero-order valence-corrected chi connectivity index (χ0v) is 14.2. The smallest absolute Gasteiger partial charge is 0.162 e. The molecule has 0 aliphatic carbocycles. The Labute approximate surface area is 146 Å². The lowest BCUT2D eigenvalue weighted by molar-refractivity contribution is 0.582. The van der Waals surface area contributed by atoms with E-state index in [0.717, 1.165) is 39.0 Å². The summed E-state index contributed by atoms with van der Waals surface area (Å²) in [5.41, 5.74) is 0.772. The molecule has 4 aromatic rings. The summed E-state index contributed by atoms with van der Waals surface area (Å²) in [4.78, 5) is 14.0. The van der Waals surface area contributed by atoms with Crippen molar-refractivity contribution in [1.82, 2.24) is 15.0 Å². The van der Waals surface area contributed by atoms with Crippen molar-refractivity contribution in [2.24, 2.45) is 0 Å². The first-order chi connectivity index (χ1) is 11.9. The summed E-state index contributed by atoms with van der Waals surface area (Å²) in [7, 11) is 0. The van der Waals surface area contributed by atoms with Crippen molar-refractivity contribution < 1.29 is 4.42 Å². The Morgan fingerprint density at radius 2 is 2.21 bits per heavy atom. The van der Waals surface area contributed by atoms with Crippen molar-refractivity contribution in [3.8, 4) is 22.6 Å². The number of furan rings is 1. The summed E-state index contributed by atoms with van der Waals surface area (Å²) in [5, 5.41) is 9.17. The first-order valence-electron chi connectivity index (χ1n) is 7.30. The summed E-state index contributed by atoms with van der Waals surface area (Å²) < 4.78 is 5.33. The van der Waals surface area contributed by atoms with Crippen molar-refractivity contribution >= 4 is 38.7 Å². The summed E-state index contributed by atoms with van der Waals surface area (Å²) in [5.74, 6) is 7.85. The van der Waals surface area contributed by atoms with Crippen LogP contribution in [0.25, 0.3) is 21.0 Å². The Balaban J connectivity index is 1.35.